The van der Waals surface area contributed by atoms with E-state index >= 15 is 0 Å². The van der Waals surface area contributed by atoms with Crippen molar-refractivity contribution in [2.24, 2.45) is 5.73 Å². The molecule has 3 N–H and O–H groups in total. The molecule has 0 aliphatic heterocycles. The Morgan fingerprint density at radius 3 is 2.22 bits per heavy atom. The highest BCUT2D eigenvalue weighted by Crippen LogP contribution is 2.08. The molecule has 0 spiro atoms. The smallest absolute Gasteiger partial charge is 0.326 e. The Morgan fingerprint density at radius 2 is 2.22 bits per heavy atom. The van der Waals surface area contributed by atoms with Crippen LogP contribution in [0.2, 0.25) is 0 Å². The van der Waals surface area contributed by atoms with Gasteiger partial charge in [0.1, 0.15) is 11.7 Å². The van der Waals surface area contributed by atoms with Crippen LogP contribution in [0.15, 0.2) is 0 Å². The molecule has 2 atom stereocenters. The molecular weight excluding hydrogens is 125 g/mol. The quantitative estimate of drug-likeness (QED) is 0.566. The summed E-state index contributed by atoms with van der Waals surface area (Å²) in [5.41, 5.74) is 3.28. The van der Waals surface area contributed by atoms with Gasteiger partial charge in [-0.15, -0.1) is 0 Å². The lowest BCUT2D eigenvalue weighted by Crippen LogP contribution is -2.51. The van der Waals surface area contributed by atoms with E-state index in [2.05, 4.69) is 0 Å². The van der Waals surface area contributed by atoms with Crippen molar-refractivity contribution in [1.29, 1.82) is 0 Å². The summed E-state index contributed by atoms with van der Waals surface area (Å²) in [5, 5.41) is 8.25. The number of alkyl halides is 1. The second-order valence-corrected chi connectivity index (χ2v) is 2.20. The first kappa shape index (κ1) is 8.36. The van der Waals surface area contributed by atoms with Gasteiger partial charge in [0.05, 0.1) is 0 Å². The highest BCUT2D eigenvalue weighted by atomic mass is 19.1. The molecule has 2 unspecified atom stereocenters. The van der Waals surface area contributed by atoms with E-state index in [0.717, 1.165) is 13.8 Å². The fourth-order valence-corrected chi connectivity index (χ4v) is 0.170. The van der Waals surface area contributed by atoms with Gasteiger partial charge in [0.25, 0.3) is 0 Å². The number of carbonyl (C=O) groups is 1. The van der Waals surface area contributed by atoms with Gasteiger partial charge in [-0.3, -0.25) is 4.79 Å². The number of nitrogens with two attached hydrogens (primary N) is 1. The summed E-state index contributed by atoms with van der Waals surface area (Å²) in [6, 6.07) is 0. The molecule has 0 amide bonds. The van der Waals surface area contributed by atoms with Crippen LogP contribution in [0.1, 0.15) is 13.8 Å². The molecule has 3 nitrogen and oxygen atoms in total. The summed E-state index contributed by atoms with van der Waals surface area (Å²) in [6.07, 6.45) is -1.53. The largest absolute Gasteiger partial charge is 0.480 e. The van der Waals surface area contributed by atoms with Crippen molar-refractivity contribution in [3.05, 3.63) is 0 Å². The maximum atomic E-state index is 12.2. The van der Waals surface area contributed by atoms with E-state index in [1.807, 2.05) is 0 Å². The van der Waals surface area contributed by atoms with Crippen molar-refractivity contribution in [2.45, 2.75) is 25.6 Å². The van der Waals surface area contributed by atoms with Crippen LogP contribution in [0.5, 0.6) is 0 Å². The van der Waals surface area contributed by atoms with Crippen molar-refractivity contribution in [3.8, 4) is 0 Å². The lowest BCUT2D eigenvalue weighted by molar-refractivity contribution is -0.144. The Bertz CT molecular complexity index is 122. The number of carboxylic acid groups (broad SMARTS) is 1. The molecular formula is C5H10FNO2. The molecule has 0 heterocycles. The molecule has 0 rings (SSSR count). The molecule has 0 aromatic carbocycles. The van der Waals surface area contributed by atoms with E-state index in [1.165, 1.54) is 0 Å². The van der Waals surface area contributed by atoms with E-state index < -0.39 is 17.7 Å². The van der Waals surface area contributed by atoms with Crippen LogP contribution in [0.3, 0.4) is 0 Å². The van der Waals surface area contributed by atoms with Crippen molar-refractivity contribution in [1.82, 2.24) is 0 Å². The Kier molecular flexibility index (Phi) is 2.14. The third-order valence-electron chi connectivity index (χ3n) is 1.29. The number of halogens is 1. The summed E-state index contributed by atoms with van der Waals surface area (Å²) < 4.78 is 12.2. The van der Waals surface area contributed by atoms with Gasteiger partial charge in [-0.2, -0.15) is 0 Å². The molecule has 9 heavy (non-hydrogen) atoms. The molecule has 0 aliphatic carbocycles. The number of rotatable bonds is 2. The molecule has 0 aromatic heterocycles. The van der Waals surface area contributed by atoms with E-state index in [9.17, 15) is 9.18 Å². The van der Waals surface area contributed by atoms with Gasteiger partial charge >= 0.3 is 5.97 Å². The Balaban J connectivity index is 4.19. The van der Waals surface area contributed by atoms with Gasteiger partial charge < -0.3 is 10.8 Å². The van der Waals surface area contributed by atoms with Crippen molar-refractivity contribution >= 4 is 5.97 Å². The maximum absolute atomic E-state index is 12.2. The first-order chi connectivity index (χ1) is 3.89. The average Bonchev–Trinajstić information content (AvgIpc) is 1.65. The van der Waals surface area contributed by atoms with Gasteiger partial charge in [-0.05, 0) is 13.8 Å². The van der Waals surface area contributed by atoms with Gasteiger partial charge in [0.15, 0.2) is 0 Å². The lowest BCUT2D eigenvalue weighted by Gasteiger charge is -2.19. The van der Waals surface area contributed by atoms with Gasteiger partial charge in [-0.1, -0.05) is 0 Å². The van der Waals surface area contributed by atoms with Crippen molar-refractivity contribution in [2.75, 3.05) is 0 Å². The third kappa shape index (κ3) is 1.64. The number of hydrogen-bond donors (Lipinski definition) is 2. The fourth-order valence-electron chi connectivity index (χ4n) is 0.170. The van der Waals surface area contributed by atoms with Crippen LogP contribution in [-0.2, 0) is 4.79 Å². The van der Waals surface area contributed by atoms with Crippen LogP contribution in [-0.4, -0.2) is 22.8 Å². The molecule has 4 heteroatoms. The molecule has 0 aromatic rings. The predicted octanol–water partition coefficient (Wildman–Crippen LogP) is 0.146. The second-order valence-electron chi connectivity index (χ2n) is 2.20. The van der Waals surface area contributed by atoms with Crippen LogP contribution in [0, 0.1) is 0 Å². The maximum Gasteiger partial charge on any atom is 0.326 e. The van der Waals surface area contributed by atoms with Crippen LogP contribution in [0.4, 0.5) is 4.39 Å². The molecule has 0 saturated carbocycles. The lowest BCUT2D eigenvalue weighted by atomic mass is 9.99. The molecule has 0 fully saturated rings. The summed E-state index contributed by atoms with van der Waals surface area (Å²) >= 11 is 0. The van der Waals surface area contributed by atoms with Crippen molar-refractivity contribution in [3.63, 3.8) is 0 Å². The van der Waals surface area contributed by atoms with E-state index in [0.29, 0.717) is 0 Å². The number of aliphatic carboxylic acids is 1. The molecule has 0 bridgehead atoms. The molecule has 0 radical (unpaired) electrons. The first-order valence-corrected chi connectivity index (χ1v) is 2.55. The summed E-state index contributed by atoms with van der Waals surface area (Å²) in [5.74, 6) is -1.32. The number of carboxylic acids is 1. The van der Waals surface area contributed by atoms with Gasteiger partial charge in [0.2, 0.25) is 0 Å². The monoisotopic (exact) mass is 135 g/mol. The van der Waals surface area contributed by atoms with E-state index in [1.54, 1.807) is 0 Å². The standard InChI is InChI=1S/C5H10FNO2/c1-3(6)5(2,7)4(8)9/h3H,7H2,1-2H3,(H,8,9). The summed E-state index contributed by atoms with van der Waals surface area (Å²) in [4.78, 5) is 10.1. The minimum Gasteiger partial charge on any atom is -0.480 e. The van der Waals surface area contributed by atoms with Gasteiger partial charge in [-0.25, -0.2) is 4.39 Å². The zero-order valence-electron chi connectivity index (χ0n) is 5.39. The molecule has 0 saturated heterocycles. The highest BCUT2D eigenvalue weighted by molar-refractivity contribution is 5.78. The van der Waals surface area contributed by atoms with Gasteiger partial charge in [0, 0.05) is 0 Å². The van der Waals surface area contributed by atoms with Crippen molar-refractivity contribution < 1.29 is 14.3 Å². The fraction of sp³-hybridized carbons (Fsp3) is 0.800. The number of hydrogen-bond acceptors (Lipinski definition) is 2. The Morgan fingerprint density at radius 1 is 1.89 bits per heavy atom. The summed E-state index contributed by atoms with van der Waals surface area (Å²) in [7, 11) is 0. The Labute approximate surface area is 52.7 Å². The van der Waals surface area contributed by atoms with Crippen LogP contribution in [0.25, 0.3) is 0 Å². The topological polar surface area (TPSA) is 63.3 Å². The average molecular weight is 135 g/mol. The van der Waals surface area contributed by atoms with Crippen LogP contribution < -0.4 is 5.73 Å². The zero-order valence-corrected chi connectivity index (χ0v) is 5.39. The normalized spacial score (nSPS) is 20.4. The Hall–Kier alpha value is -0.640. The summed E-state index contributed by atoms with van der Waals surface area (Å²) in [6.45, 7) is 2.26. The van der Waals surface area contributed by atoms with E-state index in [-0.39, 0.29) is 0 Å². The molecule has 54 valence electrons. The minimum atomic E-state index is -1.75. The van der Waals surface area contributed by atoms with E-state index in [4.69, 9.17) is 10.8 Å². The zero-order chi connectivity index (χ0) is 7.65. The third-order valence-corrected chi connectivity index (χ3v) is 1.29. The first-order valence-electron chi connectivity index (χ1n) is 2.55. The predicted molar refractivity (Wildman–Crippen MR) is 30.8 cm³/mol. The minimum absolute atomic E-state index is 1.12. The highest BCUT2D eigenvalue weighted by Gasteiger charge is 2.34. The molecule has 0 aliphatic rings. The second kappa shape index (κ2) is 2.31. The SMILES string of the molecule is CC(F)C(C)(N)C(=O)O. The van der Waals surface area contributed by atoms with Crippen LogP contribution >= 0.6 is 0 Å².